The van der Waals surface area contributed by atoms with E-state index in [-0.39, 0.29) is 17.9 Å². The highest BCUT2D eigenvalue weighted by Crippen LogP contribution is 2.51. The normalized spacial score (nSPS) is 25.5. The summed E-state index contributed by atoms with van der Waals surface area (Å²) in [6.07, 6.45) is 4.29. The highest BCUT2D eigenvalue weighted by molar-refractivity contribution is 5.94. The van der Waals surface area contributed by atoms with Crippen LogP contribution < -0.4 is 14.2 Å². The Morgan fingerprint density at radius 3 is 2.29 bits per heavy atom. The molecular formula is C25H31NO5. The predicted molar refractivity (Wildman–Crippen MR) is 118 cm³/mol. The number of hydrogen-bond donors (Lipinski definition) is 1. The largest absolute Gasteiger partial charge is 0.493 e. The van der Waals surface area contributed by atoms with Crippen molar-refractivity contribution in [2.45, 2.75) is 43.7 Å². The van der Waals surface area contributed by atoms with Crippen LogP contribution in [0.25, 0.3) is 0 Å². The summed E-state index contributed by atoms with van der Waals surface area (Å²) in [7, 11) is 4.75. The average molecular weight is 426 g/mol. The second-order valence-electron chi connectivity index (χ2n) is 8.47. The molecular weight excluding hydrogens is 394 g/mol. The van der Waals surface area contributed by atoms with Gasteiger partial charge in [0.25, 0.3) is 5.91 Å². The van der Waals surface area contributed by atoms with E-state index in [9.17, 15) is 9.90 Å². The second-order valence-corrected chi connectivity index (χ2v) is 8.47. The molecule has 6 heteroatoms. The summed E-state index contributed by atoms with van der Waals surface area (Å²) < 4.78 is 16.7. The average Bonchev–Trinajstić information content (AvgIpc) is 2.82. The van der Waals surface area contributed by atoms with Crippen molar-refractivity contribution in [3.8, 4) is 17.2 Å². The van der Waals surface area contributed by atoms with Gasteiger partial charge in [-0.2, -0.15) is 0 Å². The lowest BCUT2D eigenvalue weighted by molar-refractivity contribution is -0.115. The molecule has 1 saturated heterocycles. The van der Waals surface area contributed by atoms with Crippen molar-refractivity contribution in [3.05, 3.63) is 53.6 Å². The third-order valence-corrected chi connectivity index (χ3v) is 6.88. The van der Waals surface area contributed by atoms with E-state index in [0.717, 1.165) is 31.2 Å². The first kappa shape index (κ1) is 21.5. The second kappa shape index (κ2) is 8.79. The highest BCUT2D eigenvalue weighted by Gasteiger charge is 2.50. The minimum Gasteiger partial charge on any atom is -0.493 e. The maximum absolute atomic E-state index is 13.6. The Bertz CT molecular complexity index is 906. The van der Waals surface area contributed by atoms with Crippen LogP contribution in [0.15, 0.2) is 42.5 Å². The summed E-state index contributed by atoms with van der Waals surface area (Å²) in [6.45, 7) is 0.502. The number of aliphatic hydroxyl groups is 1. The molecule has 2 aromatic carbocycles. The molecule has 0 bridgehead atoms. The van der Waals surface area contributed by atoms with Crippen LogP contribution >= 0.6 is 0 Å². The van der Waals surface area contributed by atoms with E-state index in [0.29, 0.717) is 35.8 Å². The number of hydrogen-bond acceptors (Lipinski definition) is 5. The standard InChI is InChI=1S/C25H31NO5/c1-29-20-15-18(16-21(30-2)23(20)31-3)22-19-11-7-8-12-25(19,28)13-14-26(22)24(27)17-9-5-4-6-10-17/h4-6,9-10,15-16,19,22,28H,7-8,11-14H2,1-3H3/t19-,22+,25-/m0/s1. The van der Waals surface area contributed by atoms with Crippen LogP contribution in [-0.4, -0.2) is 49.4 Å². The van der Waals surface area contributed by atoms with Crippen molar-refractivity contribution in [1.29, 1.82) is 0 Å². The molecule has 1 heterocycles. The molecule has 1 aliphatic carbocycles. The van der Waals surface area contributed by atoms with Gasteiger partial charge in [0, 0.05) is 18.0 Å². The van der Waals surface area contributed by atoms with E-state index in [1.54, 1.807) is 21.3 Å². The van der Waals surface area contributed by atoms with E-state index >= 15 is 0 Å². The first-order chi connectivity index (χ1) is 15.0. The van der Waals surface area contributed by atoms with E-state index in [2.05, 4.69) is 0 Å². The lowest BCUT2D eigenvalue weighted by Gasteiger charge is -2.52. The van der Waals surface area contributed by atoms with Crippen LogP contribution in [-0.2, 0) is 0 Å². The molecule has 1 aliphatic heterocycles. The fourth-order valence-corrected chi connectivity index (χ4v) is 5.34. The number of amides is 1. The van der Waals surface area contributed by atoms with Gasteiger partial charge in [-0.15, -0.1) is 0 Å². The van der Waals surface area contributed by atoms with Crippen molar-refractivity contribution in [1.82, 2.24) is 4.90 Å². The smallest absolute Gasteiger partial charge is 0.254 e. The van der Waals surface area contributed by atoms with Gasteiger partial charge in [-0.05, 0) is 49.1 Å². The van der Waals surface area contributed by atoms with Crippen LogP contribution in [0.3, 0.4) is 0 Å². The van der Waals surface area contributed by atoms with Gasteiger partial charge in [0.15, 0.2) is 11.5 Å². The monoisotopic (exact) mass is 425 g/mol. The summed E-state index contributed by atoms with van der Waals surface area (Å²) in [6, 6.07) is 12.9. The topological polar surface area (TPSA) is 68.2 Å². The van der Waals surface area contributed by atoms with Crippen LogP contribution in [0.1, 0.15) is 54.1 Å². The van der Waals surface area contributed by atoms with Crippen molar-refractivity contribution in [2.75, 3.05) is 27.9 Å². The molecule has 1 amide bonds. The number of fused-ring (bicyclic) bond motifs is 1. The highest BCUT2D eigenvalue weighted by atomic mass is 16.5. The van der Waals surface area contributed by atoms with Gasteiger partial charge in [-0.25, -0.2) is 0 Å². The van der Waals surface area contributed by atoms with Crippen molar-refractivity contribution < 1.29 is 24.1 Å². The minimum atomic E-state index is -0.767. The van der Waals surface area contributed by atoms with Gasteiger partial charge in [0.05, 0.1) is 33.0 Å². The molecule has 1 saturated carbocycles. The maximum Gasteiger partial charge on any atom is 0.254 e. The molecule has 2 aromatic rings. The van der Waals surface area contributed by atoms with E-state index in [1.165, 1.54) is 0 Å². The van der Waals surface area contributed by atoms with Crippen LogP contribution in [0, 0.1) is 5.92 Å². The molecule has 2 fully saturated rings. The molecule has 31 heavy (non-hydrogen) atoms. The summed E-state index contributed by atoms with van der Waals surface area (Å²) in [5.74, 6) is 1.55. The molecule has 6 nitrogen and oxygen atoms in total. The Morgan fingerprint density at radius 1 is 1.00 bits per heavy atom. The Morgan fingerprint density at radius 2 is 1.68 bits per heavy atom. The molecule has 0 radical (unpaired) electrons. The molecule has 1 N–H and O–H groups in total. The third-order valence-electron chi connectivity index (χ3n) is 6.88. The maximum atomic E-state index is 13.6. The van der Waals surface area contributed by atoms with Crippen molar-refractivity contribution in [3.63, 3.8) is 0 Å². The molecule has 166 valence electrons. The number of methoxy groups -OCH3 is 3. The molecule has 4 rings (SSSR count). The van der Waals surface area contributed by atoms with E-state index in [4.69, 9.17) is 14.2 Å². The van der Waals surface area contributed by atoms with Crippen molar-refractivity contribution in [2.24, 2.45) is 5.92 Å². The lowest BCUT2D eigenvalue weighted by atomic mass is 9.66. The molecule has 0 unspecified atom stereocenters. The number of piperidine rings is 1. The van der Waals surface area contributed by atoms with Gasteiger partial charge >= 0.3 is 0 Å². The Balaban J connectivity index is 1.83. The quantitative estimate of drug-likeness (QED) is 0.777. The Kier molecular flexibility index (Phi) is 6.10. The zero-order valence-electron chi connectivity index (χ0n) is 18.5. The Hall–Kier alpha value is -2.73. The zero-order valence-corrected chi connectivity index (χ0v) is 18.5. The van der Waals surface area contributed by atoms with Gasteiger partial charge in [-0.3, -0.25) is 4.79 Å². The number of benzene rings is 2. The lowest BCUT2D eigenvalue weighted by Crippen LogP contribution is -2.56. The first-order valence-electron chi connectivity index (χ1n) is 10.9. The van der Waals surface area contributed by atoms with E-state index < -0.39 is 5.60 Å². The number of ether oxygens (including phenoxy) is 3. The summed E-state index contributed by atoms with van der Waals surface area (Å²) >= 11 is 0. The van der Waals surface area contributed by atoms with Crippen LogP contribution in [0.4, 0.5) is 0 Å². The SMILES string of the molecule is COc1cc([C@@H]2[C@@H]3CCCC[C@]3(O)CCN2C(=O)c2ccccc2)cc(OC)c1OC. The van der Waals surface area contributed by atoms with Crippen LogP contribution in [0.5, 0.6) is 17.2 Å². The van der Waals surface area contributed by atoms with Crippen LogP contribution in [0.2, 0.25) is 0 Å². The number of carbonyl (C=O) groups excluding carboxylic acids is 1. The number of likely N-dealkylation sites (tertiary alicyclic amines) is 1. The van der Waals surface area contributed by atoms with E-state index in [1.807, 2.05) is 47.4 Å². The molecule has 3 atom stereocenters. The zero-order chi connectivity index (χ0) is 22.0. The van der Waals surface area contributed by atoms with Gasteiger partial charge < -0.3 is 24.2 Å². The fourth-order valence-electron chi connectivity index (χ4n) is 5.34. The summed E-state index contributed by atoms with van der Waals surface area (Å²) in [4.78, 5) is 15.5. The Labute approximate surface area is 183 Å². The van der Waals surface area contributed by atoms with Crippen molar-refractivity contribution >= 4 is 5.91 Å². The summed E-state index contributed by atoms with van der Waals surface area (Å²) in [5.41, 5.74) is 0.779. The first-order valence-corrected chi connectivity index (χ1v) is 10.9. The number of carbonyl (C=O) groups is 1. The molecule has 0 spiro atoms. The number of nitrogens with zero attached hydrogens (tertiary/aromatic N) is 1. The third kappa shape index (κ3) is 3.85. The van der Waals surface area contributed by atoms with Gasteiger partial charge in [-0.1, -0.05) is 31.0 Å². The molecule has 2 aliphatic rings. The van der Waals surface area contributed by atoms with Gasteiger partial charge in [0.1, 0.15) is 0 Å². The number of rotatable bonds is 5. The molecule has 0 aromatic heterocycles. The predicted octanol–water partition coefficient (Wildman–Crippen LogP) is 4.22. The minimum absolute atomic E-state index is 0.0213. The summed E-state index contributed by atoms with van der Waals surface area (Å²) in [5, 5.41) is 11.5. The van der Waals surface area contributed by atoms with Gasteiger partial charge in [0.2, 0.25) is 5.75 Å². The fraction of sp³-hybridized carbons (Fsp3) is 0.480.